The summed E-state index contributed by atoms with van der Waals surface area (Å²) >= 11 is 4.12. The van der Waals surface area contributed by atoms with Gasteiger partial charge in [-0.2, -0.15) is 12.6 Å². The molecule has 2 aromatic rings. The predicted molar refractivity (Wildman–Crippen MR) is 141 cm³/mol. The van der Waals surface area contributed by atoms with Crippen LogP contribution in [0.15, 0.2) is 48.5 Å². The molecule has 13 heteroatoms. The van der Waals surface area contributed by atoms with Crippen molar-refractivity contribution >= 4 is 36.3 Å². The largest absolute Gasteiger partial charge is 0.508 e. The zero-order valence-corrected chi connectivity index (χ0v) is 21.5. The summed E-state index contributed by atoms with van der Waals surface area (Å²) in [4.78, 5) is 50.0. The van der Waals surface area contributed by atoms with Crippen molar-refractivity contribution in [3.05, 3.63) is 59.7 Å². The first-order valence-electron chi connectivity index (χ1n) is 11.7. The van der Waals surface area contributed by atoms with E-state index in [1.807, 2.05) is 0 Å². The molecule has 0 bridgehead atoms. The maximum absolute atomic E-state index is 13.0. The quantitative estimate of drug-likeness (QED) is 0.141. The molecule has 0 fully saturated rings. The summed E-state index contributed by atoms with van der Waals surface area (Å²) in [6, 6.07) is 6.81. The Morgan fingerprint density at radius 2 is 1.24 bits per heavy atom. The molecular weight excluding hydrogens is 516 g/mol. The molecule has 0 aromatic heterocycles. The maximum Gasteiger partial charge on any atom is 0.328 e. The van der Waals surface area contributed by atoms with Gasteiger partial charge in [-0.3, -0.25) is 14.4 Å². The van der Waals surface area contributed by atoms with Gasteiger partial charge in [-0.25, -0.2) is 4.79 Å². The Morgan fingerprint density at radius 3 is 1.68 bits per heavy atom. The SMILES string of the molecule is CC(O)C(NC(=O)C(Cc1ccc(O)cc1)NC(=O)C(CS)NC(=O)C(N)Cc1ccc(O)cc1)C(=O)O. The van der Waals surface area contributed by atoms with Gasteiger partial charge < -0.3 is 42.1 Å². The number of aromatic hydroxyl groups is 2. The molecule has 12 nitrogen and oxygen atoms in total. The molecule has 5 unspecified atom stereocenters. The minimum absolute atomic E-state index is 0.0136. The van der Waals surface area contributed by atoms with E-state index in [0.717, 1.165) is 0 Å². The van der Waals surface area contributed by atoms with E-state index < -0.39 is 54.0 Å². The van der Waals surface area contributed by atoms with E-state index in [0.29, 0.717) is 11.1 Å². The van der Waals surface area contributed by atoms with Crippen LogP contribution < -0.4 is 21.7 Å². The molecule has 38 heavy (non-hydrogen) atoms. The van der Waals surface area contributed by atoms with Gasteiger partial charge in [0.25, 0.3) is 0 Å². The highest BCUT2D eigenvalue weighted by Crippen LogP contribution is 2.13. The molecule has 0 aliphatic heterocycles. The smallest absolute Gasteiger partial charge is 0.328 e. The molecule has 0 saturated heterocycles. The van der Waals surface area contributed by atoms with Gasteiger partial charge in [0.2, 0.25) is 17.7 Å². The topological polar surface area (TPSA) is 211 Å². The van der Waals surface area contributed by atoms with Crippen molar-refractivity contribution in [1.29, 1.82) is 0 Å². The summed E-state index contributed by atoms with van der Waals surface area (Å²) in [5.41, 5.74) is 7.20. The number of aliphatic hydroxyl groups is 1. The number of thiol groups is 1. The minimum Gasteiger partial charge on any atom is -0.508 e. The third-order valence-corrected chi connectivity index (χ3v) is 5.96. The van der Waals surface area contributed by atoms with Crippen molar-refractivity contribution in [3.63, 3.8) is 0 Å². The van der Waals surface area contributed by atoms with Crippen molar-refractivity contribution in [1.82, 2.24) is 16.0 Å². The average Bonchev–Trinajstić information content (AvgIpc) is 2.87. The molecule has 5 atom stereocenters. The van der Waals surface area contributed by atoms with Crippen molar-refractivity contribution < 1.29 is 39.6 Å². The number of amides is 3. The number of carboxylic acid groups (broad SMARTS) is 1. The number of phenols is 2. The molecule has 0 aliphatic carbocycles. The Balaban J connectivity index is 2.14. The molecule has 0 heterocycles. The summed E-state index contributed by atoms with van der Waals surface area (Å²) in [6.07, 6.45) is -1.37. The normalized spacial score (nSPS) is 14.8. The zero-order valence-electron chi connectivity index (χ0n) is 20.6. The average molecular weight is 549 g/mol. The number of aliphatic carboxylic acids is 1. The van der Waals surface area contributed by atoms with E-state index in [2.05, 4.69) is 28.6 Å². The Labute approximate surface area is 224 Å². The monoisotopic (exact) mass is 548 g/mol. The van der Waals surface area contributed by atoms with Crippen LogP contribution in [0.2, 0.25) is 0 Å². The number of aliphatic hydroxyl groups excluding tert-OH is 1. The molecule has 0 spiro atoms. The van der Waals surface area contributed by atoms with Crippen molar-refractivity contribution in [3.8, 4) is 11.5 Å². The first kappa shape index (κ1) is 30.4. The Bertz CT molecular complexity index is 1110. The van der Waals surface area contributed by atoms with E-state index >= 15 is 0 Å². The number of rotatable bonds is 13. The lowest BCUT2D eigenvalue weighted by Crippen LogP contribution is -2.59. The van der Waals surface area contributed by atoms with Gasteiger partial charge in [-0.15, -0.1) is 0 Å². The Morgan fingerprint density at radius 1 is 0.789 bits per heavy atom. The second kappa shape index (κ2) is 14.2. The highest BCUT2D eigenvalue weighted by atomic mass is 32.1. The molecular formula is C25H32N4O8S. The van der Waals surface area contributed by atoms with E-state index in [1.165, 1.54) is 43.3 Å². The van der Waals surface area contributed by atoms with Crippen molar-refractivity contribution in [2.24, 2.45) is 5.73 Å². The fraction of sp³-hybridized carbons (Fsp3) is 0.360. The fourth-order valence-corrected chi connectivity index (χ4v) is 3.70. The van der Waals surface area contributed by atoms with Gasteiger partial charge >= 0.3 is 5.97 Å². The van der Waals surface area contributed by atoms with Gasteiger partial charge in [0.1, 0.15) is 23.6 Å². The standard InChI is InChI=1S/C25H32N4O8S/c1-13(30)21(25(36)37)29-23(34)19(11-15-4-8-17(32)9-5-15)27-24(35)20(12-38)28-22(33)18(26)10-14-2-6-16(31)7-3-14/h2-9,13,18-21,30-32,38H,10-12,26H2,1H3,(H,27,35)(H,28,33)(H,29,34)(H,36,37). The predicted octanol–water partition coefficient (Wildman–Crippen LogP) is -0.940. The van der Waals surface area contributed by atoms with Crippen LogP contribution in [-0.2, 0) is 32.0 Å². The summed E-state index contributed by atoms with van der Waals surface area (Å²) < 4.78 is 0. The third kappa shape index (κ3) is 9.25. The molecule has 2 rings (SSSR count). The first-order chi connectivity index (χ1) is 17.9. The summed E-state index contributed by atoms with van der Waals surface area (Å²) in [5, 5.41) is 45.1. The highest BCUT2D eigenvalue weighted by molar-refractivity contribution is 7.80. The maximum atomic E-state index is 13.0. The van der Waals surface area contributed by atoms with E-state index in [-0.39, 0.29) is 30.1 Å². The van der Waals surface area contributed by atoms with Crippen LogP contribution in [0.4, 0.5) is 0 Å². The van der Waals surface area contributed by atoms with Crippen LogP contribution in [0.25, 0.3) is 0 Å². The Hall–Kier alpha value is -3.81. The zero-order chi connectivity index (χ0) is 28.4. The van der Waals surface area contributed by atoms with Gasteiger partial charge in [0.15, 0.2) is 6.04 Å². The number of phenolic OH excluding ortho intramolecular Hbond substituents is 2. The molecule has 3 amide bonds. The van der Waals surface area contributed by atoms with Crippen LogP contribution in [0.3, 0.4) is 0 Å². The summed E-state index contributed by atoms with van der Waals surface area (Å²) in [6.45, 7) is 1.19. The lowest BCUT2D eigenvalue weighted by molar-refractivity contribution is -0.145. The van der Waals surface area contributed by atoms with E-state index in [9.17, 15) is 39.6 Å². The molecule has 0 aliphatic rings. The summed E-state index contributed by atoms with van der Waals surface area (Å²) in [5.74, 6) is -3.85. The van der Waals surface area contributed by atoms with Crippen LogP contribution in [0.1, 0.15) is 18.1 Å². The second-order valence-electron chi connectivity index (χ2n) is 8.72. The molecule has 206 valence electrons. The lowest BCUT2D eigenvalue weighted by atomic mass is 10.0. The number of carbonyl (C=O) groups excluding carboxylic acids is 3. The van der Waals surface area contributed by atoms with Crippen molar-refractivity contribution in [2.75, 3.05) is 5.75 Å². The van der Waals surface area contributed by atoms with Gasteiger partial charge in [0, 0.05) is 12.2 Å². The van der Waals surface area contributed by atoms with E-state index in [4.69, 9.17) is 5.73 Å². The third-order valence-electron chi connectivity index (χ3n) is 5.60. The number of nitrogens with two attached hydrogens (primary N) is 1. The molecule has 9 N–H and O–H groups in total. The number of benzene rings is 2. The van der Waals surface area contributed by atoms with E-state index in [1.54, 1.807) is 12.1 Å². The van der Waals surface area contributed by atoms with Crippen LogP contribution >= 0.6 is 12.6 Å². The van der Waals surface area contributed by atoms with Gasteiger partial charge in [-0.1, -0.05) is 24.3 Å². The second-order valence-corrected chi connectivity index (χ2v) is 9.08. The number of carboxylic acids is 1. The van der Waals surface area contributed by atoms with Crippen LogP contribution in [0, 0.1) is 0 Å². The van der Waals surface area contributed by atoms with Gasteiger partial charge in [0.05, 0.1) is 12.1 Å². The van der Waals surface area contributed by atoms with Crippen LogP contribution in [-0.4, -0.2) is 80.1 Å². The van der Waals surface area contributed by atoms with Crippen LogP contribution in [0.5, 0.6) is 11.5 Å². The Kier molecular flexibility index (Phi) is 11.4. The summed E-state index contributed by atoms with van der Waals surface area (Å²) in [7, 11) is 0. The fourth-order valence-electron chi connectivity index (χ4n) is 3.44. The molecule has 0 radical (unpaired) electrons. The lowest BCUT2D eigenvalue weighted by Gasteiger charge is -2.25. The first-order valence-corrected chi connectivity index (χ1v) is 12.3. The number of hydrogen-bond acceptors (Lipinski definition) is 9. The number of carbonyl (C=O) groups is 4. The molecule has 2 aromatic carbocycles. The minimum atomic E-state index is -1.63. The number of hydrogen-bond donors (Lipinski definition) is 9. The van der Waals surface area contributed by atoms with Crippen molar-refractivity contribution in [2.45, 2.75) is 50.0 Å². The van der Waals surface area contributed by atoms with Gasteiger partial charge in [-0.05, 0) is 48.7 Å². The molecule has 0 saturated carbocycles. The highest BCUT2D eigenvalue weighted by Gasteiger charge is 2.31. The number of nitrogens with one attached hydrogen (secondary N) is 3.